The Hall–Kier alpha value is -1.84. The molecule has 0 bridgehead atoms. The van der Waals surface area contributed by atoms with Crippen LogP contribution in [0.2, 0.25) is 10.0 Å². The van der Waals surface area contributed by atoms with Gasteiger partial charge in [-0.05, 0) is 36.2 Å². The standard InChI is InChI=1S/C15H12Cl2N2O/c1-10-4-2-3-5-12(10)9-18-19-15(20)11-6-7-13(16)14(17)8-11/h2-9H,1H3,(H,19,20)/b18-9-. The van der Waals surface area contributed by atoms with E-state index < -0.39 is 0 Å². The van der Waals surface area contributed by atoms with E-state index in [0.29, 0.717) is 15.6 Å². The molecule has 0 saturated heterocycles. The second-order valence-corrected chi connectivity index (χ2v) is 5.00. The number of nitrogens with zero attached hydrogens (tertiary/aromatic N) is 1. The number of halogens is 2. The van der Waals surface area contributed by atoms with Gasteiger partial charge in [0.15, 0.2) is 0 Å². The Morgan fingerprint density at radius 2 is 1.90 bits per heavy atom. The van der Waals surface area contributed by atoms with Crippen LogP contribution >= 0.6 is 23.2 Å². The predicted octanol–water partition coefficient (Wildman–Crippen LogP) is 4.07. The zero-order valence-electron chi connectivity index (χ0n) is 10.7. The molecule has 20 heavy (non-hydrogen) atoms. The SMILES string of the molecule is Cc1ccccc1/C=N\NC(=O)c1ccc(Cl)c(Cl)c1. The normalized spacial score (nSPS) is 10.8. The highest BCUT2D eigenvalue weighted by molar-refractivity contribution is 6.42. The van der Waals surface area contributed by atoms with Gasteiger partial charge in [0, 0.05) is 5.56 Å². The van der Waals surface area contributed by atoms with E-state index in [1.807, 2.05) is 31.2 Å². The number of rotatable bonds is 3. The van der Waals surface area contributed by atoms with E-state index in [1.54, 1.807) is 18.3 Å². The molecule has 5 heteroatoms. The smallest absolute Gasteiger partial charge is 0.267 e. The topological polar surface area (TPSA) is 41.5 Å². The number of aryl methyl sites for hydroxylation is 1. The van der Waals surface area contributed by atoms with Gasteiger partial charge in [0.05, 0.1) is 16.3 Å². The molecule has 0 aromatic heterocycles. The molecular weight excluding hydrogens is 295 g/mol. The second-order valence-electron chi connectivity index (χ2n) is 4.18. The van der Waals surface area contributed by atoms with Gasteiger partial charge >= 0.3 is 0 Å². The lowest BCUT2D eigenvalue weighted by Crippen LogP contribution is -2.17. The highest BCUT2D eigenvalue weighted by Gasteiger charge is 2.06. The molecule has 2 aromatic rings. The van der Waals surface area contributed by atoms with Gasteiger partial charge < -0.3 is 0 Å². The summed E-state index contributed by atoms with van der Waals surface area (Å²) in [4.78, 5) is 11.9. The Morgan fingerprint density at radius 1 is 1.15 bits per heavy atom. The van der Waals surface area contributed by atoms with Crippen LogP contribution in [0, 0.1) is 6.92 Å². The molecule has 0 spiro atoms. The van der Waals surface area contributed by atoms with Crippen molar-refractivity contribution in [3.8, 4) is 0 Å². The number of hydrogen-bond acceptors (Lipinski definition) is 2. The molecular formula is C15H12Cl2N2O. The molecule has 102 valence electrons. The van der Waals surface area contributed by atoms with Crippen molar-refractivity contribution in [3.05, 3.63) is 69.2 Å². The highest BCUT2D eigenvalue weighted by Crippen LogP contribution is 2.22. The number of hydrogen-bond donors (Lipinski definition) is 1. The van der Waals surface area contributed by atoms with Crippen molar-refractivity contribution in [2.45, 2.75) is 6.92 Å². The molecule has 0 unspecified atom stereocenters. The minimum Gasteiger partial charge on any atom is -0.267 e. The third-order valence-corrected chi connectivity index (χ3v) is 3.48. The Bertz CT molecular complexity index is 669. The van der Waals surface area contributed by atoms with Gasteiger partial charge in [-0.25, -0.2) is 5.43 Å². The third kappa shape index (κ3) is 3.59. The molecule has 1 N–H and O–H groups in total. The fourth-order valence-electron chi connectivity index (χ4n) is 1.59. The lowest BCUT2D eigenvalue weighted by atomic mass is 10.1. The monoisotopic (exact) mass is 306 g/mol. The Labute approximate surface area is 127 Å². The summed E-state index contributed by atoms with van der Waals surface area (Å²) < 4.78 is 0. The maximum atomic E-state index is 11.9. The molecule has 0 atom stereocenters. The summed E-state index contributed by atoms with van der Waals surface area (Å²) >= 11 is 11.7. The van der Waals surface area contributed by atoms with Gasteiger partial charge in [0.1, 0.15) is 0 Å². The van der Waals surface area contributed by atoms with Crippen LogP contribution in [0.15, 0.2) is 47.6 Å². The van der Waals surface area contributed by atoms with Crippen molar-refractivity contribution < 1.29 is 4.79 Å². The largest absolute Gasteiger partial charge is 0.271 e. The van der Waals surface area contributed by atoms with Crippen molar-refractivity contribution in [2.75, 3.05) is 0 Å². The van der Waals surface area contributed by atoms with Crippen molar-refractivity contribution in [3.63, 3.8) is 0 Å². The lowest BCUT2D eigenvalue weighted by Gasteiger charge is -2.02. The Morgan fingerprint density at radius 3 is 2.60 bits per heavy atom. The third-order valence-electron chi connectivity index (χ3n) is 2.74. The number of nitrogens with one attached hydrogen (secondary N) is 1. The van der Waals surface area contributed by atoms with Gasteiger partial charge in [-0.15, -0.1) is 0 Å². The van der Waals surface area contributed by atoms with Crippen LogP contribution in [0.3, 0.4) is 0 Å². The number of carbonyl (C=O) groups is 1. The first kappa shape index (κ1) is 14.6. The summed E-state index contributed by atoms with van der Waals surface area (Å²) in [7, 11) is 0. The first-order valence-electron chi connectivity index (χ1n) is 5.92. The summed E-state index contributed by atoms with van der Waals surface area (Å²) in [5.74, 6) is -0.339. The molecule has 0 aliphatic heterocycles. The molecule has 0 aliphatic carbocycles. The summed E-state index contributed by atoms with van der Waals surface area (Å²) in [6, 6.07) is 12.4. The summed E-state index contributed by atoms with van der Waals surface area (Å²) in [5, 5.41) is 4.67. The minimum atomic E-state index is -0.339. The molecule has 0 aliphatic rings. The molecule has 0 radical (unpaired) electrons. The van der Waals surface area contributed by atoms with E-state index in [9.17, 15) is 4.79 Å². The zero-order chi connectivity index (χ0) is 14.5. The first-order valence-corrected chi connectivity index (χ1v) is 6.67. The molecule has 0 heterocycles. The van der Waals surface area contributed by atoms with E-state index in [0.717, 1.165) is 11.1 Å². The average molecular weight is 307 g/mol. The maximum Gasteiger partial charge on any atom is 0.271 e. The van der Waals surface area contributed by atoms with Gasteiger partial charge in [0.2, 0.25) is 0 Å². The van der Waals surface area contributed by atoms with Gasteiger partial charge in [-0.2, -0.15) is 5.10 Å². The molecule has 1 amide bonds. The molecule has 3 nitrogen and oxygen atoms in total. The average Bonchev–Trinajstić information content (AvgIpc) is 2.44. The van der Waals surface area contributed by atoms with Gasteiger partial charge in [0.25, 0.3) is 5.91 Å². The van der Waals surface area contributed by atoms with Crippen molar-refractivity contribution >= 4 is 35.3 Å². The van der Waals surface area contributed by atoms with Crippen molar-refractivity contribution in [1.29, 1.82) is 0 Å². The van der Waals surface area contributed by atoms with Crippen molar-refractivity contribution in [2.24, 2.45) is 5.10 Å². The maximum absolute atomic E-state index is 11.9. The quantitative estimate of drug-likeness (QED) is 0.674. The zero-order valence-corrected chi connectivity index (χ0v) is 12.2. The van der Waals surface area contributed by atoms with E-state index in [1.165, 1.54) is 6.07 Å². The van der Waals surface area contributed by atoms with Gasteiger partial charge in [-0.1, -0.05) is 47.5 Å². The van der Waals surface area contributed by atoms with Crippen LogP contribution in [0.25, 0.3) is 0 Å². The minimum absolute atomic E-state index is 0.335. The van der Waals surface area contributed by atoms with E-state index in [2.05, 4.69) is 10.5 Å². The summed E-state index contributed by atoms with van der Waals surface area (Å²) in [6.07, 6.45) is 1.60. The number of benzene rings is 2. The Kier molecular flexibility index (Phi) is 4.77. The number of carbonyl (C=O) groups excluding carboxylic acids is 1. The van der Waals surface area contributed by atoms with Crippen LogP contribution in [0.1, 0.15) is 21.5 Å². The van der Waals surface area contributed by atoms with E-state index >= 15 is 0 Å². The lowest BCUT2D eigenvalue weighted by molar-refractivity contribution is 0.0955. The number of hydrazone groups is 1. The molecule has 2 aromatic carbocycles. The molecule has 0 saturated carbocycles. The molecule has 2 rings (SSSR count). The second kappa shape index (κ2) is 6.55. The highest BCUT2D eigenvalue weighted by atomic mass is 35.5. The van der Waals surface area contributed by atoms with Gasteiger partial charge in [-0.3, -0.25) is 4.79 Å². The van der Waals surface area contributed by atoms with Crippen LogP contribution in [0.5, 0.6) is 0 Å². The predicted molar refractivity (Wildman–Crippen MR) is 82.7 cm³/mol. The molecule has 0 fully saturated rings. The Balaban J connectivity index is 2.05. The fourth-order valence-corrected chi connectivity index (χ4v) is 1.89. The first-order chi connectivity index (χ1) is 9.58. The van der Waals surface area contributed by atoms with Crippen LogP contribution < -0.4 is 5.43 Å². The van der Waals surface area contributed by atoms with Crippen LogP contribution in [-0.4, -0.2) is 12.1 Å². The van der Waals surface area contributed by atoms with Crippen LogP contribution in [0.4, 0.5) is 0 Å². The summed E-state index contributed by atoms with van der Waals surface area (Å²) in [5.41, 5.74) is 4.88. The van der Waals surface area contributed by atoms with Crippen molar-refractivity contribution in [1.82, 2.24) is 5.43 Å². The number of amides is 1. The summed E-state index contributed by atoms with van der Waals surface area (Å²) in [6.45, 7) is 1.97. The fraction of sp³-hybridized carbons (Fsp3) is 0.0667. The van der Waals surface area contributed by atoms with E-state index in [-0.39, 0.29) is 5.91 Å². The van der Waals surface area contributed by atoms with Crippen LogP contribution in [-0.2, 0) is 0 Å². The van der Waals surface area contributed by atoms with E-state index in [4.69, 9.17) is 23.2 Å².